The molecular formula is C21H22N2O2. The standard InChI is InChI=1S/C21H22N2O2/c1-21(2,3)13-23-16-10-9-15(11-17(16)22(4)20(23)24)19-12-14-7-5-6-8-18(14)25-19/h5-12H,13H2,1-4H3. The van der Waals surface area contributed by atoms with E-state index in [0.717, 1.165) is 33.3 Å². The van der Waals surface area contributed by atoms with Gasteiger partial charge in [0.05, 0.1) is 11.0 Å². The molecule has 2 aromatic carbocycles. The normalized spacial score (nSPS) is 12.3. The van der Waals surface area contributed by atoms with Crippen molar-refractivity contribution in [1.82, 2.24) is 9.13 Å². The molecule has 0 fully saturated rings. The molecule has 0 aliphatic rings. The highest BCUT2D eigenvalue weighted by Gasteiger charge is 2.18. The van der Waals surface area contributed by atoms with E-state index in [1.165, 1.54) is 0 Å². The van der Waals surface area contributed by atoms with Crippen molar-refractivity contribution in [3.63, 3.8) is 0 Å². The Morgan fingerprint density at radius 2 is 1.76 bits per heavy atom. The topological polar surface area (TPSA) is 40.1 Å². The lowest BCUT2D eigenvalue weighted by Crippen LogP contribution is -2.27. The maximum Gasteiger partial charge on any atom is 0.328 e. The third-order valence-electron chi connectivity index (χ3n) is 4.49. The fraction of sp³-hybridized carbons (Fsp3) is 0.286. The summed E-state index contributed by atoms with van der Waals surface area (Å²) in [7, 11) is 1.83. The van der Waals surface area contributed by atoms with Crippen molar-refractivity contribution in [3.8, 4) is 11.3 Å². The van der Waals surface area contributed by atoms with Crippen LogP contribution >= 0.6 is 0 Å². The van der Waals surface area contributed by atoms with Crippen LogP contribution in [0.5, 0.6) is 0 Å². The Kier molecular flexibility index (Phi) is 3.39. The third kappa shape index (κ3) is 2.68. The van der Waals surface area contributed by atoms with Crippen molar-refractivity contribution in [2.24, 2.45) is 12.5 Å². The number of aryl methyl sites for hydroxylation is 1. The molecule has 0 unspecified atom stereocenters. The highest BCUT2D eigenvalue weighted by atomic mass is 16.3. The molecule has 0 aliphatic carbocycles. The lowest BCUT2D eigenvalue weighted by atomic mass is 9.97. The second-order valence-corrected chi connectivity index (χ2v) is 7.84. The van der Waals surface area contributed by atoms with Crippen LogP contribution in [0.1, 0.15) is 20.8 Å². The molecule has 25 heavy (non-hydrogen) atoms. The van der Waals surface area contributed by atoms with Gasteiger partial charge in [-0.15, -0.1) is 0 Å². The number of rotatable bonds is 2. The van der Waals surface area contributed by atoms with Gasteiger partial charge in [0.15, 0.2) is 0 Å². The van der Waals surface area contributed by atoms with Crippen LogP contribution in [0.3, 0.4) is 0 Å². The van der Waals surface area contributed by atoms with Gasteiger partial charge in [-0.2, -0.15) is 0 Å². The minimum Gasteiger partial charge on any atom is -0.456 e. The van der Waals surface area contributed by atoms with Gasteiger partial charge < -0.3 is 4.42 Å². The monoisotopic (exact) mass is 334 g/mol. The largest absolute Gasteiger partial charge is 0.456 e. The summed E-state index contributed by atoms with van der Waals surface area (Å²) in [5.74, 6) is 0.819. The second kappa shape index (κ2) is 5.38. The zero-order valence-electron chi connectivity index (χ0n) is 15.0. The van der Waals surface area contributed by atoms with E-state index in [-0.39, 0.29) is 11.1 Å². The molecule has 128 valence electrons. The summed E-state index contributed by atoms with van der Waals surface area (Å²) in [5, 5.41) is 1.08. The molecule has 4 nitrogen and oxygen atoms in total. The van der Waals surface area contributed by atoms with Gasteiger partial charge in [0.2, 0.25) is 0 Å². The van der Waals surface area contributed by atoms with Crippen molar-refractivity contribution >= 4 is 22.0 Å². The van der Waals surface area contributed by atoms with Gasteiger partial charge >= 0.3 is 5.69 Å². The molecular weight excluding hydrogens is 312 g/mol. The number of para-hydroxylation sites is 1. The molecule has 0 saturated heterocycles. The summed E-state index contributed by atoms with van der Waals surface area (Å²) in [6.07, 6.45) is 0. The van der Waals surface area contributed by atoms with E-state index >= 15 is 0 Å². The van der Waals surface area contributed by atoms with Gasteiger partial charge in [0.25, 0.3) is 0 Å². The van der Waals surface area contributed by atoms with Crippen LogP contribution < -0.4 is 5.69 Å². The summed E-state index contributed by atoms with van der Waals surface area (Å²) in [4.78, 5) is 12.7. The van der Waals surface area contributed by atoms with Crippen molar-refractivity contribution < 1.29 is 4.42 Å². The first kappa shape index (κ1) is 15.8. The van der Waals surface area contributed by atoms with E-state index in [1.807, 2.05) is 60.1 Å². The van der Waals surface area contributed by atoms with Gasteiger partial charge in [-0.05, 0) is 35.7 Å². The first-order chi connectivity index (χ1) is 11.8. The molecule has 4 heteroatoms. The number of nitrogens with zero attached hydrogens (tertiary/aromatic N) is 2. The Morgan fingerprint density at radius 1 is 1.00 bits per heavy atom. The number of furan rings is 1. The van der Waals surface area contributed by atoms with E-state index < -0.39 is 0 Å². The van der Waals surface area contributed by atoms with E-state index in [4.69, 9.17) is 4.42 Å². The van der Waals surface area contributed by atoms with E-state index in [9.17, 15) is 4.79 Å². The molecule has 4 aromatic rings. The maximum absolute atomic E-state index is 12.7. The average Bonchev–Trinajstić information content (AvgIpc) is 3.09. The molecule has 2 heterocycles. The van der Waals surface area contributed by atoms with Crippen LogP contribution in [0.4, 0.5) is 0 Å². The van der Waals surface area contributed by atoms with E-state index in [2.05, 4.69) is 20.8 Å². The molecule has 0 N–H and O–H groups in total. The van der Waals surface area contributed by atoms with Crippen LogP contribution in [0, 0.1) is 5.41 Å². The highest BCUT2D eigenvalue weighted by molar-refractivity contribution is 5.86. The molecule has 4 rings (SSSR count). The molecule has 0 bridgehead atoms. The summed E-state index contributed by atoms with van der Waals surface area (Å²) >= 11 is 0. The molecule has 0 radical (unpaired) electrons. The van der Waals surface area contributed by atoms with Crippen LogP contribution in [0.2, 0.25) is 0 Å². The minimum atomic E-state index is 0.0201. The SMILES string of the molecule is Cn1c(=O)n(CC(C)(C)C)c2ccc(-c3cc4ccccc4o3)cc21. The van der Waals surface area contributed by atoms with Gasteiger partial charge in [-0.3, -0.25) is 9.13 Å². The van der Waals surface area contributed by atoms with Crippen LogP contribution in [0.25, 0.3) is 33.3 Å². The van der Waals surface area contributed by atoms with E-state index in [0.29, 0.717) is 6.54 Å². The molecule has 0 saturated carbocycles. The van der Waals surface area contributed by atoms with E-state index in [1.54, 1.807) is 4.57 Å². The molecule has 0 aliphatic heterocycles. The summed E-state index contributed by atoms with van der Waals surface area (Å²) < 4.78 is 9.54. The predicted molar refractivity (Wildman–Crippen MR) is 102 cm³/mol. The maximum atomic E-state index is 12.7. The Morgan fingerprint density at radius 3 is 2.48 bits per heavy atom. The Balaban J connectivity index is 1.88. The van der Waals surface area contributed by atoms with Crippen LogP contribution in [0.15, 0.2) is 57.7 Å². The smallest absolute Gasteiger partial charge is 0.328 e. The van der Waals surface area contributed by atoms with Crippen molar-refractivity contribution in [3.05, 3.63) is 59.0 Å². The van der Waals surface area contributed by atoms with Gasteiger partial charge in [0.1, 0.15) is 11.3 Å². The average molecular weight is 334 g/mol. The molecule has 0 atom stereocenters. The molecule has 0 amide bonds. The van der Waals surface area contributed by atoms with Gasteiger partial charge in [0, 0.05) is 24.5 Å². The quantitative estimate of drug-likeness (QED) is 0.528. The van der Waals surface area contributed by atoms with Crippen molar-refractivity contribution in [2.75, 3.05) is 0 Å². The first-order valence-corrected chi connectivity index (χ1v) is 8.52. The number of benzene rings is 2. The van der Waals surface area contributed by atoms with Crippen LogP contribution in [-0.2, 0) is 13.6 Å². The fourth-order valence-electron chi connectivity index (χ4n) is 3.31. The Bertz CT molecular complexity index is 1100. The minimum absolute atomic E-state index is 0.0201. The zero-order valence-corrected chi connectivity index (χ0v) is 15.0. The summed E-state index contributed by atoms with van der Waals surface area (Å²) in [6, 6.07) is 16.1. The summed E-state index contributed by atoms with van der Waals surface area (Å²) in [5.41, 5.74) is 3.79. The third-order valence-corrected chi connectivity index (χ3v) is 4.49. The van der Waals surface area contributed by atoms with Gasteiger partial charge in [-0.1, -0.05) is 39.0 Å². The number of hydrogen-bond acceptors (Lipinski definition) is 2. The lowest BCUT2D eigenvalue weighted by Gasteiger charge is -2.18. The fourth-order valence-corrected chi connectivity index (χ4v) is 3.31. The van der Waals surface area contributed by atoms with Crippen molar-refractivity contribution in [2.45, 2.75) is 27.3 Å². The number of imidazole rings is 1. The number of aromatic nitrogens is 2. The summed E-state index contributed by atoms with van der Waals surface area (Å²) in [6.45, 7) is 7.11. The zero-order chi connectivity index (χ0) is 17.8. The second-order valence-electron chi connectivity index (χ2n) is 7.84. The van der Waals surface area contributed by atoms with Gasteiger partial charge in [-0.25, -0.2) is 4.79 Å². The Hall–Kier alpha value is -2.75. The number of hydrogen-bond donors (Lipinski definition) is 0. The van der Waals surface area contributed by atoms with Crippen LogP contribution in [-0.4, -0.2) is 9.13 Å². The predicted octanol–water partition coefficient (Wildman–Crippen LogP) is 4.80. The Labute approximate surface area is 146 Å². The molecule has 2 aromatic heterocycles. The highest BCUT2D eigenvalue weighted by Crippen LogP contribution is 2.30. The van der Waals surface area contributed by atoms with Crippen molar-refractivity contribution in [1.29, 1.82) is 0 Å². The number of fused-ring (bicyclic) bond motifs is 2. The first-order valence-electron chi connectivity index (χ1n) is 8.52. The molecule has 0 spiro atoms. The lowest BCUT2D eigenvalue weighted by molar-refractivity contribution is 0.342.